The first-order valence-corrected chi connectivity index (χ1v) is 22.3. The summed E-state index contributed by atoms with van der Waals surface area (Å²) in [6.07, 6.45) is 47.0. The van der Waals surface area contributed by atoms with Gasteiger partial charge >= 0.3 is 0 Å². The molecule has 49 heavy (non-hydrogen) atoms. The third-order valence-corrected chi connectivity index (χ3v) is 10.1. The minimum Gasteiger partial charge on any atom is -0.387 e. The van der Waals surface area contributed by atoms with Crippen molar-refractivity contribution in [2.45, 2.75) is 219 Å². The van der Waals surface area contributed by atoms with Gasteiger partial charge in [-0.15, -0.1) is 0 Å². The molecule has 0 spiro atoms. The van der Waals surface area contributed by atoms with Gasteiger partial charge in [0.1, 0.15) is 0 Å². The Kier molecular flexibility index (Phi) is 35.3. The summed E-state index contributed by atoms with van der Waals surface area (Å²) in [4.78, 5) is 12.5. The molecule has 0 bridgehead atoms. The number of allylic oxidation sites excluding steroid dienone is 5. The predicted octanol–water partition coefficient (Wildman–Crippen LogP) is 12.1. The molecule has 0 radical (unpaired) electrons. The number of aliphatic hydroxyl groups excluding tert-OH is 1. The molecule has 0 aliphatic heterocycles. The molecule has 1 amide bonds. The van der Waals surface area contributed by atoms with Crippen LogP contribution < -0.4 is 5.32 Å². The van der Waals surface area contributed by atoms with Crippen molar-refractivity contribution in [3.8, 4) is 0 Å². The topological polar surface area (TPSA) is 104 Å². The normalized spacial score (nSPS) is 13.6. The monoisotopic (exact) mass is 710 g/mol. The fourth-order valence-corrected chi connectivity index (χ4v) is 6.90. The van der Waals surface area contributed by atoms with Crippen molar-refractivity contribution >= 4 is 16.0 Å². The quantitative estimate of drug-likeness (QED) is 0.0338. The van der Waals surface area contributed by atoms with Gasteiger partial charge in [0.15, 0.2) is 0 Å². The van der Waals surface area contributed by atoms with Gasteiger partial charge in [0.05, 0.1) is 17.9 Å². The second-order valence-corrected chi connectivity index (χ2v) is 15.8. The SMILES string of the molecule is CCCCCCCCC/C=C\CCCCCCCCCC(=O)NC(CS(=O)(=O)O)C(O)/C=C/CC/C=C/CCCCCCCCCCCC. The number of nitrogens with one attached hydrogen (secondary N) is 1. The highest BCUT2D eigenvalue weighted by atomic mass is 32.2. The molecular weight excluding hydrogens is 631 g/mol. The van der Waals surface area contributed by atoms with Crippen LogP contribution in [0, 0.1) is 0 Å². The molecule has 0 aromatic rings. The van der Waals surface area contributed by atoms with Crippen LogP contribution in [-0.2, 0) is 14.9 Å². The number of aliphatic hydroxyl groups is 1. The first-order chi connectivity index (χ1) is 23.8. The Morgan fingerprint density at radius 2 is 0.878 bits per heavy atom. The van der Waals surface area contributed by atoms with Gasteiger partial charge in [-0.2, -0.15) is 8.42 Å². The van der Waals surface area contributed by atoms with E-state index < -0.39 is 28.0 Å². The maximum atomic E-state index is 12.5. The number of carbonyl (C=O) groups excluding carboxylic acids is 1. The highest BCUT2D eigenvalue weighted by Gasteiger charge is 2.24. The molecule has 2 unspecified atom stereocenters. The Labute approximate surface area is 304 Å². The van der Waals surface area contributed by atoms with E-state index in [1.54, 1.807) is 0 Å². The molecule has 0 fully saturated rings. The molecule has 0 aliphatic rings. The first kappa shape index (κ1) is 47.6. The molecule has 0 aromatic carbocycles. The summed E-state index contributed by atoms with van der Waals surface area (Å²) in [6, 6.07) is -1.07. The van der Waals surface area contributed by atoms with Crippen molar-refractivity contribution in [1.29, 1.82) is 0 Å². The summed E-state index contributed by atoms with van der Waals surface area (Å²) in [7, 11) is -4.35. The Morgan fingerprint density at radius 1 is 0.531 bits per heavy atom. The maximum Gasteiger partial charge on any atom is 0.267 e. The van der Waals surface area contributed by atoms with Gasteiger partial charge in [-0.3, -0.25) is 9.35 Å². The van der Waals surface area contributed by atoms with E-state index in [9.17, 15) is 22.9 Å². The van der Waals surface area contributed by atoms with Crippen LogP contribution in [0.15, 0.2) is 36.5 Å². The summed E-state index contributed by atoms with van der Waals surface area (Å²) in [6.45, 7) is 4.52. The fourth-order valence-electron chi connectivity index (χ4n) is 6.17. The maximum absolute atomic E-state index is 12.5. The molecule has 6 nitrogen and oxygen atoms in total. The van der Waals surface area contributed by atoms with Crippen molar-refractivity contribution in [1.82, 2.24) is 5.32 Å². The summed E-state index contributed by atoms with van der Waals surface area (Å²) in [5.41, 5.74) is 0. The van der Waals surface area contributed by atoms with E-state index >= 15 is 0 Å². The van der Waals surface area contributed by atoms with Crippen LogP contribution in [0.3, 0.4) is 0 Å². The van der Waals surface area contributed by atoms with E-state index in [1.165, 1.54) is 147 Å². The number of rotatable bonds is 37. The molecule has 0 heterocycles. The van der Waals surface area contributed by atoms with Gasteiger partial charge in [-0.05, 0) is 57.8 Å². The van der Waals surface area contributed by atoms with Crippen LogP contribution in [0.5, 0.6) is 0 Å². The molecule has 0 saturated heterocycles. The molecule has 0 aromatic heterocycles. The first-order valence-electron chi connectivity index (χ1n) is 20.7. The Bertz CT molecular complexity index is 914. The van der Waals surface area contributed by atoms with Crippen molar-refractivity contribution in [2.24, 2.45) is 0 Å². The summed E-state index contributed by atoms with van der Waals surface area (Å²) < 4.78 is 32.5. The van der Waals surface area contributed by atoms with Crippen LogP contribution in [0.4, 0.5) is 0 Å². The molecule has 288 valence electrons. The van der Waals surface area contributed by atoms with Gasteiger partial charge in [0, 0.05) is 6.42 Å². The average molecular weight is 710 g/mol. The zero-order chi connectivity index (χ0) is 36.1. The van der Waals surface area contributed by atoms with E-state index in [1.807, 2.05) is 6.08 Å². The highest BCUT2D eigenvalue weighted by molar-refractivity contribution is 7.85. The van der Waals surface area contributed by atoms with E-state index in [0.717, 1.165) is 38.5 Å². The molecule has 0 rings (SSSR count). The second-order valence-electron chi connectivity index (χ2n) is 14.3. The van der Waals surface area contributed by atoms with Crippen molar-refractivity contribution in [2.75, 3.05) is 5.75 Å². The van der Waals surface area contributed by atoms with Crippen LogP contribution in [0.25, 0.3) is 0 Å². The summed E-state index contributed by atoms with van der Waals surface area (Å²) >= 11 is 0. The van der Waals surface area contributed by atoms with Crippen LogP contribution in [0.1, 0.15) is 206 Å². The Hall–Kier alpha value is -1.44. The third-order valence-electron chi connectivity index (χ3n) is 9.29. The smallest absolute Gasteiger partial charge is 0.267 e. The van der Waals surface area contributed by atoms with Gasteiger partial charge in [0.25, 0.3) is 10.1 Å². The van der Waals surface area contributed by atoms with Crippen molar-refractivity contribution in [3.05, 3.63) is 36.5 Å². The number of amides is 1. The zero-order valence-corrected chi connectivity index (χ0v) is 32.9. The van der Waals surface area contributed by atoms with Crippen molar-refractivity contribution < 1.29 is 22.9 Å². The van der Waals surface area contributed by atoms with E-state index in [-0.39, 0.29) is 12.3 Å². The van der Waals surface area contributed by atoms with Gasteiger partial charge in [0.2, 0.25) is 5.91 Å². The third kappa shape index (κ3) is 37.6. The molecule has 0 saturated carbocycles. The zero-order valence-electron chi connectivity index (χ0n) is 32.1. The lowest BCUT2D eigenvalue weighted by molar-refractivity contribution is -0.122. The second kappa shape index (κ2) is 36.4. The largest absolute Gasteiger partial charge is 0.387 e. The number of hydrogen-bond donors (Lipinski definition) is 3. The van der Waals surface area contributed by atoms with Crippen LogP contribution in [0.2, 0.25) is 0 Å². The predicted molar refractivity (Wildman–Crippen MR) is 212 cm³/mol. The van der Waals surface area contributed by atoms with Gasteiger partial charge in [-0.25, -0.2) is 0 Å². The highest BCUT2D eigenvalue weighted by Crippen LogP contribution is 2.13. The molecule has 3 N–H and O–H groups in total. The van der Waals surface area contributed by atoms with E-state index in [0.29, 0.717) is 6.42 Å². The summed E-state index contributed by atoms with van der Waals surface area (Å²) in [5, 5.41) is 13.2. The lowest BCUT2D eigenvalue weighted by Gasteiger charge is -2.21. The van der Waals surface area contributed by atoms with Crippen LogP contribution in [-0.4, -0.2) is 41.9 Å². The number of hydrogen-bond acceptors (Lipinski definition) is 4. The van der Waals surface area contributed by atoms with Gasteiger partial charge < -0.3 is 10.4 Å². The van der Waals surface area contributed by atoms with E-state index in [2.05, 4.69) is 43.5 Å². The lowest BCUT2D eigenvalue weighted by atomic mass is 10.1. The standard InChI is InChI=1S/C42H79NO5S/c1-3-5-7-9-11-13-15-17-19-21-22-24-26-28-30-32-34-36-38-42(45)43-40(39-49(46,47)48)41(44)37-35-33-31-29-27-25-23-20-18-16-14-12-10-8-6-4-2/h19,21,27,29,35,37,40-41,44H,3-18,20,22-26,28,30-34,36,38-39H2,1-2H3,(H,43,45)(H,46,47,48)/b21-19-,29-27+,37-35+. The summed E-state index contributed by atoms with van der Waals surface area (Å²) in [5.74, 6) is -1.00. The van der Waals surface area contributed by atoms with Crippen molar-refractivity contribution in [3.63, 3.8) is 0 Å². The lowest BCUT2D eigenvalue weighted by Crippen LogP contribution is -2.46. The van der Waals surface area contributed by atoms with Crippen LogP contribution >= 0.6 is 0 Å². The van der Waals surface area contributed by atoms with E-state index in [4.69, 9.17) is 0 Å². The molecule has 0 aliphatic carbocycles. The Balaban J connectivity index is 3.96. The molecule has 7 heteroatoms. The molecule has 2 atom stereocenters. The fraction of sp³-hybridized carbons (Fsp3) is 0.833. The van der Waals surface area contributed by atoms with Gasteiger partial charge in [-0.1, -0.05) is 179 Å². The minimum atomic E-state index is -4.35. The number of unbranched alkanes of at least 4 members (excludes halogenated alkanes) is 25. The molecular formula is C42H79NO5S. The average Bonchev–Trinajstić information content (AvgIpc) is 3.06. The minimum absolute atomic E-state index is 0.284. The number of carbonyl (C=O) groups is 1. The Morgan fingerprint density at radius 3 is 1.29 bits per heavy atom.